The van der Waals surface area contributed by atoms with Crippen LogP contribution in [-0.2, 0) is 4.43 Å². The quantitative estimate of drug-likeness (QED) is 0.460. The zero-order valence-corrected chi connectivity index (χ0v) is 8.05. The van der Waals surface area contributed by atoms with Crippen LogP contribution in [0.2, 0.25) is 0 Å². The van der Waals surface area contributed by atoms with Crippen molar-refractivity contribution in [2.24, 2.45) is 0 Å². The fourth-order valence-corrected chi connectivity index (χ4v) is 1.25. The molecule has 0 radical (unpaired) electrons. The van der Waals surface area contributed by atoms with Crippen LogP contribution in [0.25, 0.3) is 0 Å². The lowest BCUT2D eigenvalue weighted by molar-refractivity contribution is 1.39. The number of aryl methyl sites for hydroxylation is 1. The summed E-state index contributed by atoms with van der Waals surface area (Å²) >= 11 is 2.33. The van der Waals surface area contributed by atoms with E-state index in [1.54, 1.807) is 0 Å². The summed E-state index contributed by atoms with van der Waals surface area (Å²) in [6.07, 6.45) is 0. The molecule has 2 heteroatoms. The summed E-state index contributed by atoms with van der Waals surface area (Å²) in [6.45, 7) is 2.02. The van der Waals surface area contributed by atoms with Gasteiger partial charge in [0.05, 0.1) is 0 Å². The van der Waals surface area contributed by atoms with Gasteiger partial charge in [0.25, 0.3) is 0 Å². The first kappa shape index (κ1) is 7.85. The summed E-state index contributed by atoms with van der Waals surface area (Å²) in [4.78, 5) is 0. The molecule has 0 atom stereocenters. The number of benzene rings is 1. The van der Waals surface area contributed by atoms with Crippen LogP contribution in [0.3, 0.4) is 0 Å². The highest BCUT2D eigenvalue weighted by atomic mass is 127. The Hall–Kier alpha value is -0.250. The van der Waals surface area contributed by atoms with Crippen LogP contribution in [0, 0.1) is 6.92 Å². The van der Waals surface area contributed by atoms with Gasteiger partial charge in [-0.05, 0) is 24.1 Å². The molecule has 0 spiro atoms. The largest absolute Gasteiger partial charge is 0.399 e. The number of alkyl halides is 1. The molecule has 0 amide bonds. The molecule has 0 bridgehead atoms. The maximum atomic E-state index is 5.69. The van der Waals surface area contributed by atoms with Crippen molar-refractivity contribution in [1.29, 1.82) is 0 Å². The molecule has 1 rings (SSSR count). The lowest BCUT2D eigenvalue weighted by Crippen LogP contribution is -1.90. The molecule has 0 aliphatic rings. The number of hydrogen-bond donors (Lipinski definition) is 1. The predicted molar refractivity (Wildman–Crippen MR) is 53.3 cm³/mol. The van der Waals surface area contributed by atoms with Crippen LogP contribution < -0.4 is 5.73 Å². The van der Waals surface area contributed by atoms with Crippen LogP contribution in [0.4, 0.5) is 5.69 Å². The molecule has 1 aromatic rings. The topological polar surface area (TPSA) is 26.0 Å². The molecule has 0 fully saturated rings. The lowest BCUT2D eigenvalue weighted by Gasteiger charge is -2.00. The summed E-state index contributed by atoms with van der Waals surface area (Å²) in [5.74, 6) is 0. The second-order valence-electron chi connectivity index (χ2n) is 2.32. The Balaban J connectivity index is 3.04. The van der Waals surface area contributed by atoms with Gasteiger partial charge in [0.2, 0.25) is 0 Å². The van der Waals surface area contributed by atoms with Crippen LogP contribution in [0.1, 0.15) is 11.1 Å². The second kappa shape index (κ2) is 3.23. The Morgan fingerprint density at radius 1 is 1.50 bits per heavy atom. The van der Waals surface area contributed by atoms with Gasteiger partial charge in [0.1, 0.15) is 0 Å². The normalized spacial score (nSPS) is 9.80. The highest BCUT2D eigenvalue weighted by molar-refractivity contribution is 14.1. The fraction of sp³-hybridized carbons (Fsp3) is 0.250. The average Bonchev–Trinajstić information content (AvgIpc) is 1.95. The van der Waals surface area contributed by atoms with E-state index in [-0.39, 0.29) is 0 Å². The van der Waals surface area contributed by atoms with Gasteiger partial charge >= 0.3 is 0 Å². The summed E-state index contributed by atoms with van der Waals surface area (Å²) in [6, 6.07) is 6.20. The Bertz CT molecular complexity index is 233. The van der Waals surface area contributed by atoms with E-state index in [0.29, 0.717) is 0 Å². The third-order valence-corrected chi connectivity index (χ3v) is 2.38. The molecule has 10 heavy (non-hydrogen) atoms. The summed E-state index contributed by atoms with van der Waals surface area (Å²) in [5.41, 5.74) is 9.05. The Labute approximate surface area is 74.8 Å². The van der Waals surface area contributed by atoms with Crippen molar-refractivity contribution < 1.29 is 0 Å². The molecule has 0 unspecified atom stereocenters. The van der Waals surface area contributed by atoms with Crippen molar-refractivity contribution >= 4 is 28.3 Å². The van der Waals surface area contributed by atoms with Gasteiger partial charge in [0, 0.05) is 10.1 Å². The SMILES string of the molecule is Cc1ccc(CI)cc1N. The van der Waals surface area contributed by atoms with E-state index < -0.39 is 0 Å². The Kier molecular flexibility index (Phi) is 2.54. The van der Waals surface area contributed by atoms with E-state index in [9.17, 15) is 0 Å². The van der Waals surface area contributed by atoms with Crippen LogP contribution >= 0.6 is 22.6 Å². The molecule has 0 saturated heterocycles. The first-order valence-electron chi connectivity index (χ1n) is 3.15. The van der Waals surface area contributed by atoms with Crippen molar-refractivity contribution in [3.8, 4) is 0 Å². The minimum Gasteiger partial charge on any atom is -0.399 e. The summed E-state index contributed by atoms with van der Waals surface area (Å²) in [7, 11) is 0. The van der Waals surface area contributed by atoms with Crippen LogP contribution in [0.15, 0.2) is 18.2 Å². The van der Waals surface area contributed by atoms with Gasteiger partial charge in [0.15, 0.2) is 0 Å². The van der Waals surface area contributed by atoms with E-state index >= 15 is 0 Å². The van der Waals surface area contributed by atoms with E-state index in [1.807, 2.05) is 13.0 Å². The van der Waals surface area contributed by atoms with Gasteiger partial charge in [-0.25, -0.2) is 0 Å². The molecular weight excluding hydrogens is 237 g/mol. The third-order valence-electron chi connectivity index (χ3n) is 1.50. The van der Waals surface area contributed by atoms with Crippen molar-refractivity contribution in [2.75, 3.05) is 5.73 Å². The van der Waals surface area contributed by atoms with Crippen molar-refractivity contribution in [1.82, 2.24) is 0 Å². The molecule has 1 aromatic carbocycles. The van der Waals surface area contributed by atoms with E-state index in [4.69, 9.17) is 5.73 Å². The summed E-state index contributed by atoms with van der Waals surface area (Å²) < 4.78 is 1.03. The minimum absolute atomic E-state index is 0.897. The molecule has 0 aliphatic carbocycles. The first-order chi connectivity index (χ1) is 4.74. The molecule has 54 valence electrons. The highest BCUT2D eigenvalue weighted by Crippen LogP contribution is 2.14. The van der Waals surface area contributed by atoms with Gasteiger partial charge in [-0.15, -0.1) is 0 Å². The molecule has 0 aromatic heterocycles. The molecule has 0 heterocycles. The monoisotopic (exact) mass is 247 g/mol. The zero-order valence-electron chi connectivity index (χ0n) is 5.89. The molecule has 0 saturated carbocycles. The summed E-state index contributed by atoms with van der Waals surface area (Å²) in [5, 5.41) is 0. The van der Waals surface area contributed by atoms with Crippen LogP contribution in [0.5, 0.6) is 0 Å². The smallest absolute Gasteiger partial charge is 0.0346 e. The van der Waals surface area contributed by atoms with E-state index in [1.165, 1.54) is 5.56 Å². The van der Waals surface area contributed by atoms with Crippen molar-refractivity contribution in [2.45, 2.75) is 11.4 Å². The Morgan fingerprint density at radius 3 is 2.70 bits per heavy atom. The Morgan fingerprint density at radius 2 is 2.20 bits per heavy atom. The fourth-order valence-electron chi connectivity index (χ4n) is 0.773. The average molecular weight is 247 g/mol. The number of anilines is 1. The predicted octanol–water partition coefficient (Wildman–Crippen LogP) is 2.51. The molecule has 1 nitrogen and oxygen atoms in total. The first-order valence-corrected chi connectivity index (χ1v) is 4.67. The lowest BCUT2D eigenvalue weighted by atomic mass is 10.1. The number of rotatable bonds is 1. The van der Waals surface area contributed by atoms with Gasteiger partial charge < -0.3 is 5.73 Å². The zero-order chi connectivity index (χ0) is 7.56. The van der Waals surface area contributed by atoms with Crippen molar-refractivity contribution in [3.63, 3.8) is 0 Å². The van der Waals surface area contributed by atoms with Crippen LogP contribution in [-0.4, -0.2) is 0 Å². The molecular formula is C8H10IN. The van der Waals surface area contributed by atoms with Gasteiger partial charge in [-0.3, -0.25) is 0 Å². The number of halogens is 1. The number of nitrogen functional groups attached to an aromatic ring is 1. The number of nitrogens with two attached hydrogens (primary N) is 1. The second-order valence-corrected chi connectivity index (χ2v) is 3.09. The third kappa shape index (κ3) is 1.62. The van der Waals surface area contributed by atoms with E-state index in [2.05, 4.69) is 34.7 Å². The van der Waals surface area contributed by atoms with Crippen molar-refractivity contribution in [3.05, 3.63) is 29.3 Å². The van der Waals surface area contributed by atoms with E-state index in [0.717, 1.165) is 15.7 Å². The molecule has 0 aliphatic heterocycles. The minimum atomic E-state index is 0.897. The standard InChI is InChI=1S/C8H10IN/c1-6-2-3-7(5-9)4-8(6)10/h2-4H,5,10H2,1H3. The number of hydrogen-bond acceptors (Lipinski definition) is 1. The van der Waals surface area contributed by atoms with Gasteiger partial charge in [-0.1, -0.05) is 34.7 Å². The van der Waals surface area contributed by atoms with Gasteiger partial charge in [-0.2, -0.15) is 0 Å². The maximum absolute atomic E-state index is 5.69. The maximum Gasteiger partial charge on any atom is 0.0346 e. The highest BCUT2D eigenvalue weighted by Gasteiger charge is 1.93. The molecule has 2 N–H and O–H groups in total.